The molecular weight excluding hydrogens is 184 g/mol. The molecule has 3 nitrogen and oxygen atoms in total. The second-order valence-corrected chi connectivity index (χ2v) is 3.86. The number of hydrogen-bond donors (Lipinski definition) is 5. The van der Waals surface area contributed by atoms with E-state index < -0.39 is 16.8 Å². The van der Waals surface area contributed by atoms with Crippen LogP contribution in [0.1, 0.15) is 12.8 Å². The fraction of sp³-hybridized carbons (Fsp3) is 1.00. The van der Waals surface area contributed by atoms with E-state index in [-0.39, 0.29) is 6.61 Å². The van der Waals surface area contributed by atoms with Crippen molar-refractivity contribution in [2.24, 2.45) is 0 Å². The predicted molar refractivity (Wildman–Crippen MR) is 50.1 cm³/mol. The smallest absolute Gasteiger partial charge is 0.100 e. The topological polar surface area (TPSA) is 60.7 Å². The van der Waals surface area contributed by atoms with Crippen LogP contribution in [-0.4, -0.2) is 38.7 Å². The molecule has 0 aromatic carbocycles. The Bertz CT molecular complexity index is 99.8. The molecule has 2 unspecified atom stereocenters. The van der Waals surface area contributed by atoms with Gasteiger partial charge in [-0.3, -0.25) is 0 Å². The number of hydrogen-bond acceptors (Lipinski definition) is 5. The van der Waals surface area contributed by atoms with Crippen molar-refractivity contribution >= 4 is 25.3 Å². The Kier molecular flexibility index (Phi) is 6.46. The average molecular weight is 198 g/mol. The zero-order valence-corrected chi connectivity index (χ0v) is 7.88. The van der Waals surface area contributed by atoms with E-state index in [1.54, 1.807) is 0 Å². The maximum Gasteiger partial charge on any atom is 0.100 e. The molecule has 0 rings (SSSR count). The molecule has 0 aromatic rings. The predicted octanol–water partition coefficient (Wildman–Crippen LogP) is -0.334. The standard InChI is InChI=1S/C6H14O3S2/c7-3-1-2-4(8)5(9)6(10)11/h4-11H,1-3H2. The summed E-state index contributed by atoms with van der Waals surface area (Å²) in [5, 5.41) is 26.7. The van der Waals surface area contributed by atoms with E-state index in [1.165, 1.54) is 0 Å². The molecule has 0 fully saturated rings. The van der Waals surface area contributed by atoms with E-state index >= 15 is 0 Å². The third-order valence-corrected chi connectivity index (χ3v) is 1.97. The molecule has 0 aliphatic carbocycles. The van der Waals surface area contributed by atoms with Gasteiger partial charge in [0.05, 0.1) is 10.7 Å². The normalized spacial score (nSPS) is 16.9. The summed E-state index contributed by atoms with van der Waals surface area (Å²) in [6.45, 7) is 0.0214. The lowest BCUT2D eigenvalue weighted by Gasteiger charge is -2.19. The van der Waals surface area contributed by atoms with Crippen molar-refractivity contribution < 1.29 is 15.3 Å². The van der Waals surface area contributed by atoms with Crippen LogP contribution in [-0.2, 0) is 0 Å². The first-order valence-corrected chi connectivity index (χ1v) is 4.46. The van der Waals surface area contributed by atoms with Gasteiger partial charge < -0.3 is 15.3 Å². The summed E-state index contributed by atoms with van der Waals surface area (Å²) in [7, 11) is 0. The Morgan fingerprint density at radius 1 is 1.18 bits per heavy atom. The van der Waals surface area contributed by atoms with E-state index in [2.05, 4.69) is 25.3 Å². The highest BCUT2D eigenvalue weighted by Crippen LogP contribution is 2.13. The molecule has 0 heterocycles. The monoisotopic (exact) mass is 198 g/mol. The van der Waals surface area contributed by atoms with Crippen LogP contribution in [0.2, 0.25) is 0 Å². The van der Waals surface area contributed by atoms with Gasteiger partial charge in [0.2, 0.25) is 0 Å². The molecule has 0 saturated heterocycles. The summed E-state index contributed by atoms with van der Waals surface area (Å²) in [6, 6.07) is 0. The quantitative estimate of drug-likeness (QED) is 0.310. The summed E-state index contributed by atoms with van der Waals surface area (Å²) < 4.78 is -0.538. The molecule has 0 spiro atoms. The fourth-order valence-electron chi connectivity index (χ4n) is 0.670. The lowest BCUT2D eigenvalue weighted by Crippen LogP contribution is -2.31. The third-order valence-electron chi connectivity index (χ3n) is 1.36. The molecule has 0 amide bonds. The largest absolute Gasteiger partial charge is 0.396 e. The fourth-order valence-corrected chi connectivity index (χ4v) is 1.07. The zero-order chi connectivity index (χ0) is 8.85. The number of rotatable bonds is 5. The number of aliphatic hydroxyl groups is 3. The highest BCUT2D eigenvalue weighted by molar-refractivity contribution is 7.99. The highest BCUT2D eigenvalue weighted by atomic mass is 32.2. The van der Waals surface area contributed by atoms with Gasteiger partial charge in [-0.25, -0.2) is 0 Å². The molecule has 0 aliphatic heterocycles. The summed E-state index contributed by atoms with van der Waals surface area (Å²) in [6.07, 6.45) is -0.933. The van der Waals surface area contributed by atoms with Gasteiger partial charge in [-0.1, -0.05) is 0 Å². The second kappa shape index (κ2) is 6.14. The van der Waals surface area contributed by atoms with E-state index in [9.17, 15) is 0 Å². The van der Waals surface area contributed by atoms with Gasteiger partial charge in [0, 0.05) is 6.61 Å². The molecule has 0 aliphatic rings. The minimum Gasteiger partial charge on any atom is -0.396 e. The van der Waals surface area contributed by atoms with E-state index in [0.717, 1.165) is 0 Å². The van der Waals surface area contributed by atoms with Crippen LogP contribution in [0.25, 0.3) is 0 Å². The molecule has 0 radical (unpaired) electrons. The Labute approximate surface area is 77.3 Å². The maximum atomic E-state index is 9.16. The number of aliphatic hydroxyl groups excluding tert-OH is 3. The van der Waals surface area contributed by atoms with Gasteiger partial charge in [0.25, 0.3) is 0 Å². The molecule has 5 heteroatoms. The van der Waals surface area contributed by atoms with Crippen LogP contribution in [0.4, 0.5) is 0 Å². The molecule has 0 saturated carbocycles. The SMILES string of the molecule is OCCCC(O)C(O)C(S)S. The van der Waals surface area contributed by atoms with Crippen molar-refractivity contribution in [3.8, 4) is 0 Å². The molecule has 0 bridgehead atoms. The van der Waals surface area contributed by atoms with Gasteiger partial charge in [0.1, 0.15) is 6.10 Å². The van der Waals surface area contributed by atoms with Gasteiger partial charge in [-0.15, -0.1) is 0 Å². The van der Waals surface area contributed by atoms with E-state index in [1.807, 2.05) is 0 Å². The molecule has 3 N–H and O–H groups in total. The number of thiol groups is 2. The lowest BCUT2D eigenvalue weighted by atomic mass is 10.1. The van der Waals surface area contributed by atoms with Gasteiger partial charge in [-0.05, 0) is 12.8 Å². The van der Waals surface area contributed by atoms with Crippen molar-refractivity contribution in [2.75, 3.05) is 6.61 Å². The highest BCUT2D eigenvalue weighted by Gasteiger charge is 2.19. The molecular formula is C6H14O3S2. The zero-order valence-electron chi connectivity index (χ0n) is 6.09. The van der Waals surface area contributed by atoms with Crippen LogP contribution < -0.4 is 0 Å². The van der Waals surface area contributed by atoms with Crippen molar-refractivity contribution in [1.29, 1.82) is 0 Å². The Morgan fingerprint density at radius 3 is 2.09 bits per heavy atom. The average Bonchev–Trinajstić information content (AvgIpc) is 1.98. The van der Waals surface area contributed by atoms with Gasteiger partial charge >= 0.3 is 0 Å². The lowest BCUT2D eigenvalue weighted by molar-refractivity contribution is 0.0214. The third kappa shape index (κ3) is 4.92. The molecule has 2 atom stereocenters. The summed E-state index contributed by atoms with van der Waals surface area (Å²) in [5.74, 6) is 0. The summed E-state index contributed by atoms with van der Waals surface area (Å²) in [4.78, 5) is 0. The van der Waals surface area contributed by atoms with Crippen molar-refractivity contribution in [1.82, 2.24) is 0 Å². The van der Waals surface area contributed by atoms with Gasteiger partial charge in [0.15, 0.2) is 0 Å². The minimum absolute atomic E-state index is 0.0214. The first-order chi connectivity index (χ1) is 5.09. The van der Waals surface area contributed by atoms with Gasteiger partial charge in [-0.2, -0.15) is 25.3 Å². The van der Waals surface area contributed by atoms with Crippen molar-refractivity contribution in [3.63, 3.8) is 0 Å². The van der Waals surface area contributed by atoms with Crippen LogP contribution in [0.3, 0.4) is 0 Å². The summed E-state index contributed by atoms with van der Waals surface area (Å²) in [5.41, 5.74) is 0. The molecule has 11 heavy (non-hydrogen) atoms. The Balaban J connectivity index is 3.55. The van der Waals surface area contributed by atoms with Crippen molar-refractivity contribution in [3.05, 3.63) is 0 Å². The first-order valence-electron chi connectivity index (χ1n) is 3.42. The second-order valence-electron chi connectivity index (χ2n) is 2.34. The van der Waals surface area contributed by atoms with Crippen LogP contribution in [0.5, 0.6) is 0 Å². The Morgan fingerprint density at radius 2 is 1.73 bits per heavy atom. The minimum atomic E-state index is -0.937. The van der Waals surface area contributed by atoms with Crippen molar-refractivity contribution in [2.45, 2.75) is 29.6 Å². The van der Waals surface area contributed by atoms with Crippen LogP contribution >= 0.6 is 25.3 Å². The van der Waals surface area contributed by atoms with E-state index in [4.69, 9.17) is 15.3 Å². The summed E-state index contributed by atoms with van der Waals surface area (Å²) >= 11 is 7.69. The van der Waals surface area contributed by atoms with Crippen LogP contribution in [0, 0.1) is 0 Å². The molecule has 0 aromatic heterocycles. The maximum absolute atomic E-state index is 9.16. The van der Waals surface area contributed by atoms with E-state index in [0.29, 0.717) is 12.8 Å². The first kappa shape index (κ1) is 11.6. The molecule has 68 valence electrons. The Hall–Kier alpha value is 0.580. The van der Waals surface area contributed by atoms with Crippen LogP contribution in [0.15, 0.2) is 0 Å².